The molecule has 2 nitrogen and oxygen atoms in total. The summed E-state index contributed by atoms with van der Waals surface area (Å²) in [6.07, 6.45) is 0. The summed E-state index contributed by atoms with van der Waals surface area (Å²) in [5.41, 5.74) is 1.33. The molecule has 0 aromatic heterocycles. The van der Waals surface area contributed by atoms with Gasteiger partial charge in [-0.1, -0.05) is 0 Å². The van der Waals surface area contributed by atoms with Gasteiger partial charge in [-0.15, -0.1) is 0 Å². The maximum absolute atomic E-state index is 2.79. The second-order valence-electron chi connectivity index (χ2n) is 6.56. The van der Waals surface area contributed by atoms with E-state index in [1.165, 1.54) is 21.6 Å². The summed E-state index contributed by atoms with van der Waals surface area (Å²) in [5.74, 6) is 0. The zero-order valence-electron chi connectivity index (χ0n) is 14.4. The first-order valence-corrected chi connectivity index (χ1v) is 10.4. The van der Waals surface area contributed by atoms with Gasteiger partial charge in [-0.25, -0.2) is 0 Å². The van der Waals surface area contributed by atoms with Crippen LogP contribution in [0.5, 0.6) is 0 Å². The molecule has 0 fully saturated rings. The normalized spacial score (nSPS) is 19.0. The van der Waals surface area contributed by atoms with Crippen molar-refractivity contribution < 1.29 is 0 Å². The van der Waals surface area contributed by atoms with E-state index in [1.807, 2.05) is 0 Å². The van der Waals surface area contributed by atoms with E-state index in [2.05, 4.69) is 115 Å². The average molecular weight is 334 g/mol. The Balaban J connectivity index is 2.21. The molecule has 0 bridgehead atoms. The van der Waals surface area contributed by atoms with Gasteiger partial charge in [-0.2, -0.15) is 0 Å². The van der Waals surface area contributed by atoms with Crippen LogP contribution in [-0.4, -0.2) is 25.8 Å². The van der Waals surface area contributed by atoms with Gasteiger partial charge in [0.25, 0.3) is 0 Å². The predicted molar refractivity (Wildman–Crippen MR) is 107 cm³/mol. The van der Waals surface area contributed by atoms with E-state index in [0.29, 0.717) is 0 Å². The minimum atomic E-state index is -2.79. The Morgan fingerprint density at radius 3 is 1.62 bits per heavy atom. The van der Waals surface area contributed by atoms with E-state index in [1.54, 1.807) is 0 Å². The Labute approximate surface area is 144 Å². The van der Waals surface area contributed by atoms with Crippen LogP contribution in [0.25, 0.3) is 0 Å². The van der Waals surface area contributed by atoms with Crippen LogP contribution >= 0.6 is 6.90 Å². The fourth-order valence-corrected chi connectivity index (χ4v) is 11.3. The van der Waals surface area contributed by atoms with Crippen molar-refractivity contribution in [2.24, 2.45) is 0 Å². The molecule has 3 aromatic rings. The summed E-state index contributed by atoms with van der Waals surface area (Å²) in [6.45, 7) is -2.79. The Kier molecular flexibility index (Phi) is 3.32. The third-order valence-electron chi connectivity index (χ3n) is 5.54. The molecule has 24 heavy (non-hydrogen) atoms. The molecule has 0 radical (unpaired) electrons. The third kappa shape index (κ3) is 1.49. The molecular formula is C21H23N2P. The van der Waals surface area contributed by atoms with Crippen LogP contribution < -0.4 is 20.6 Å². The van der Waals surface area contributed by atoms with Gasteiger partial charge >= 0.3 is 144 Å². The van der Waals surface area contributed by atoms with Crippen molar-refractivity contribution in [1.29, 1.82) is 0 Å². The zero-order chi connectivity index (χ0) is 16.8. The molecule has 0 spiro atoms. The zero-order valence-corrected chi connectivity index (χ0v) is 15.3. The van der Waals surface area contributed by atoms with Crippen molar-refractivity contribution in [2.45, 2.75) is 0 Å². The first-order chi connectivity index (χ1) is 11.6. The second kappa shape index (κ2) is 5.17. The molecule has 3 aromatic carbocycles. The monoisotopic (exact) mass is 334 g/mol. The minimum absolute atomic E-state index is 1.33. The molecule has 0 aliphatic carbocycles. The summed E-state index contributed by atoms with van der Waals surface area (Å²) < 4.78 is 5.00. The number of nitrogens with zero attached hydrogens (tertiary/aromatic N) is 2. The maximum atomic E-state index is 2.53. The van der Waals surface area contributed by atoms with E-state index in [4.69, 9.17) is 0 Å². The van der Waals surface area contributed by atoms with Crippen LogP contribution in [0.15, 0.2) is 84.9 Å². The van der Waals surface area contributed by atoms with E-state index < -0.39 is 6.90 Å². The second-order valence-corrected chi connectivity index (χ2v) is 11.5. The number of rotatable bonds is 3. The van der Waals surface area contributed by atoms with Gasteiger partial charge in [0.1, 0.15) is 0 Å². The Morgan fingerprint density at radius 2 is 1.12 bits per heavy atom. The van der Waals surface area contributed by atoms with Gasteiger partial charge in [-0.05, 0) is 0 Å². The molecule has 3 heteroatoms. The summed E-state index contributed by atoms with van der Waals surface area (Å²) in [7, 11) is 6.70. The molecule has 0 unspecified atom stereocenters. The Morgan fingerprint density at radius 1 is 0.667 bits per heavy atom. The van der Waals surface area contributed by atoms with Crippen LogP contribution in [-0.2, 0) is 0 Å². The molecule has 4 rings (SSSR count). The SMILES string of the molecule is CN(C)P1(c2ccccc2)(c2ccccc2)c2ccccc2N1C. The van der Waals surface area contributed by atoms with Crippen molar-refractivity contribution in [3.05, 3.63) is 84.9 Å². The Hall–Kier alpha value is -2.15. The van der Waals surface area contributed by atoms with E-state index in [-0.39, 0.29) is 0 Å². The molecule has 1 aliphatic rings. The molecule has 0 saturated carbocycles. The van der Waals surface area contributed by atoms with E-state index in [9.17, 15) is 0 Å². The number of hydrogen-bond donors (Lipinski definition) is 0. The number of anilines is 1. The third-order valence-corrected chi connectivity index (χ3v) is 12.3. The first-order valence-electron chi connectivity index (χ1n) is 8.28. The fraction of sp³-hybridized carbons (Fsp3) is 0.143. The van der Waals surface area contributed by atoms with Gasteiger partial charge < -0.3 is 0 Å². The van der Waals surface area contributed by atoms with Crippen molar-refractivity contribution in [2.75, 3.05) is 25.8 Å². The van der Waals surface area contributed by atoms with Gasteiger partial charge in [-0.3, -0.25) is 0 Å². The summed E-state index contributed by atoms with van der Waals surface area (Å²) in [5, 5.41) is 4.23. The van der Waals surface area contributed by atoms with Crippen LogP contribution in [0.2, 0.25) is 0 Å². The molecule has 0 amide bonds. The fourth-order valence-electron chi connectivity index (χ4n) is 4.56. The quantitative estimate of drug-likeness (QED) is 0.678. The Bertz CT molecular complexity index is 835. The van der Waals surface area contributed by atoms with E-state index in [0.717, 1.165) is 0 Å². The van der Waals surface area contributed by atoms with Crippen LogP contribution in [0.3, 0.4) is 0 Å². The molecule has 1 aliphatic heterocycles. The number of fused-ring (bicyclic) bond motifs is 1. The number of hydrogen-bond acceptors (Lipinski definition) is 2. The molecule has 0 atom stereocenters. The molecule has 0 N–H and O–H groups in total. The van der Waals surface area contributed by atoms with Gasteiger partial charge in [0, 0.05) is 0 Å². The van der Waals surface area contributed by atoms with Crippen molar-refractivity contribution in [3.8, 4) is 0 Å². The van der Waals surface area contributed by atoms with Gasteiger partial charge in [0.2, 0.25) is 0 Å². The molecule has 122 valence electrons. The standard InChI is InChI=1S/C21H23N2P/c1-22(2)24(18-12-6-4-7-13-18,19-14-8-5-9-15-19)21-17-11-10-16-20(21)23(24)3/h4-17H,1-3H3. The predicted octanol–water partition coefficient (Wildman–Crippen LogP) is 3.36. The summed E-state index contributed by atoms with van der Waals surface area (Å²) in [4.78, 5) is 0. The average Bonchev–Trinajstić information content (AvgIpc) is 2.64. The molecule has 0 saturated heterocycles. The van der Waals surface area contributed by atoms with Crippen LogP contribution in [0.1, 0.15) is 0 Å². The summed E-state index contributed by atoms with van der Waals surface area (Å²) >= 11 is 0. The number of para-hydroxylation sites is 1. The molecular weight excluding hydrogens is 311 g/mol. The van der Waals surface area contributed by atoms with Crippen molar-refractivity contribution in [1.82, 2.24) is 4.67 Å². The van der Waals surface area contributed by atoms with Crippen molar-refractivity contribution in [3.63, 3.8) is 0 Å². The van der Waals surface area contributed by atoms with E-state index >= 15 is 0 Å². The van der Waals surface area contributed by atoms with Gasteiger partial charge in [0.15, 0.2) is 0 Å². The molecule has 1 heterocycles. The topological polar surface area (TPSA) is 6.48 Å². The van der Waals surface area contributed by atoms with Crippen LogP contribution in [0.4, 0.5) is 5.69 Å². The van der Waals surface area contributed by atoms with Gasteiger partial charge in [0.05, 0.1) is 0 Å². The van der Waals surface area contributed by atoms with Crippen molar-refractivity contribution >= 4 is 28.5 Å². The van der Waals surface area contributed by atoms with Crippen LogP contribution in [0, 0.1) is 0 Å². The number of benzene rings is 3. The first kappa shape index (κ1) is 15.4. The summed E-state index contributed by atoms with van der Waals surface area (Å²) in [6, 6.07) is 30.8.